The zero-order chi connectivity index (χ0) is 26.1. The SMILES string of the molecule is CCOC(=O)c1ccc2c(c1)sc(=NC(=O)c1cc(OCC)c(OCC)c(OCC)c1)n2CCOC. The average Bonchev–Trinajstić information content (AvgIpc) is 3.20. The van der Waals surface area contributed by atoms with Crippen LogP contribution < -0.4 is 19.0 Å². The van der Waals surface area contributed by atoms with E-state index in [1.807, 2.05) is 31.4 Å². The molecule has 10 heteroatoms. The predicted octanol–water partition coefficient (Wildman–Crippen LogP) is 4.46. The van der Waals surface area contributed by atoms with E-state index in [0.717, 1.165) is 10.2 Å². The van der Waals surface area contributed by atoms with Gasteiger partial charge in [0.2, 0.25) is 5.75 Å². The van der Waals surface area contributed by atoms with E-state index in [1.54, 1.807) is 38.3 Å². The Bertz CT molecular complexity index is 1250. The first-order valence-corrected chi connectivity index (χ1v) is 12.7. The number of esters is 1. The molecule has 1 amide bonds. The summed E-state index contributed by atoms with van der Waals surface area (Å²) in [5, 5.41) is 0. The van der Waals surface area contributed by atoms with E-state index >= 15 is 0 Å². The first-order valence-electron chi connectivity index (χ1n) is 11.9. The van der Waals surface area contributed by atoms with E-state index in [9.17, 15) is 9.59 Å². The Kier molecular flexibility index (Phi) is 9.89. The van der Waals surface area contributed by atoms with Gasteiger partial charge in [-0.25, -0.2) is 4.79 Å². The second-order valence-corrected chi connectivity index (χ2v) is 8.46. The summed E-state index contributed by atoms with van der Waals surface area (Å²) >= 11 is 1.31. The number of methoxy groups -OCH3 is 1. The van der Waals surface area contributed by atoms with E-state index in [0.29, 0.717) is 72.8 Å². The number of hydrogen-bond donors (Lipinski definition) is 0. The van der Waals surface area contributed by atoms with Crippen LogP contribution in [-0.2, 0) is 16.0 Å². The molecule has 2 aromatic carbocycles. The first-order chi connectivity index (χ1) is 17.5. The molecule has 0 unspecified atom stereocenters. The van der Waals surface area contributed by atoms with E-state index < -0.39 is 11.9 Å². The normalized spacial score (nSPS) is 11.5. The number of rotatable bonds is 12. The Morgan fingerprint density at radius 2 is 1.56 bits per heavy atom. The molecule has 0 radical (unpaired) electrons. The summed E-state index contributed by atoms with van der Waals surface area (Å²) in [6, 6.07) is 8.52. The van der Waals surface area contributed by atoms with Gasteiger partial charge in [-0.05, 0) is 58.0 Å². The summed E-state index contributed by atoms with van der Waals surface area (Å²) in [6.45, 7) is 9.77. The average molecular weight is 517 g/mol. The van der Waals surface area contributed by atoms with Crippen molar-refractivity contribution in [2.24, 2.45) is 4.99 Å². The number of thiazole rings is 1. The van der Waals surface area contributed by atoms with Crippen LogP contribution in [0.5, 0.6) is 17.2 Å². The largest absolute Gasteiger partial charge is 0.490 e. The molecule has 9 nitrogen and oxygen atoms in total. The number of carbonyl (C=O) groups excluding carboxylic acids is 2. The number of carbonyl (C=O) groups is 2. The monoisotopic (exact) mass is 516 g/mol. The highest BCUT2D eigenvalue weighted by atomic mass is 32.1. The number of benzene rings is 2. The van der Waals surface area contributed by atoms with Crippen LogP contribution in [0.3, 0.4) is 0 Å². The van der Waals surface area contributed by atoms with Crippen molar-refractivity contribution in [2.75, 3.05) is 40.1 Å². The molecule has 0 fully saturated rings. The summed E-state index contributed by atoms with van der Waals surface area (Å²) in [6.07, 6.45) is 0. The lowest BCUT2D eigenvalue weighted by molar-refractivity contribution is 0.0526. The molecule has 3 aromatic rings. The number of aromatic nitrogens is 1. The van der Waals surface area contributed by atoms with Gasteiger partial charge in [0.1, 0.15) is 0 Å². The molecular weight excluding hydrogens is 484 g/mol. The van der Waals surface area contributed by atoms with Gasteiger partial charge < -0.3 is 28.3 Å². The molecule has 0 saturated carbocycles. The highest BCUT2D eigenvalue weighted by Gasteiger charge is 2.19. The van der Waals surface area contributed by atoms with Crippen LogP contribution in [0.25, 0.3) is 10.2 Å². The third-order valence-electron chi connectivity index (χ3n) is 5.07. The summed E-state index contributed by atoms with van der Waals surface area (Å²) in [7, 11) is 1.61. The highest BCUT2D eigenvalue weighted by Crippen LogP contribution is 2.39. The molecule has 0 bridgehead atoms. The summed E-state index contributed by atoms with van der Waals surface area (Å²) in [5.41, 5.74) is 1.60. The van der Waals surface area contributed by atoms with Crippen LogP contribution >= 0.6 is 11.3 Å². The van der Waals surface area contributed by atoms with Gasteiger partial charge in [0.05, 0.1) is 48.8 Å². The van der Waals surface area contributed by atoms with E-state index in [1.165, 1.54) is 11.3 Å². The fourth-order valence-electron chi connectivity index (χ4n) is 3.56. The Labute approximate surface area is 214 Å². The molecule has 0 aliphatic carbocycles. The van der Waals surface area contributed by atoms with Gasteiger partial charge >= 0.3 is 5.97 Å². The van der Waals surface area contributed by atoms with Crippen molar-refractivity contribution in [1.29, 1.82) is 0 Å². The molecule has 0 aliphatic heterocycles. The molecule has 0 aliphatic rings. The highest BCUT2D eigenvalue weighted by molar-refractivity contribution is 7.16. The Morgan fingerprint density at radius 3 is 2.14 bits per heavy atom. The molecular formula is C26H32N2O7S. The third kappa shape index (κ3) is 6.24. The Hall–Kier alpha value is -3.37. The zero-order valence-corrected chi connectivity index (χ0v) is 22.1. The fraction of sp³-hybridized carbons (Fsp3) is 0.423. The second-order valence-electron chi connectivity index (χ2n) is 7.45. The number of amides is 1. The van der Waals surface area contributed by atoms with E-state index in [2.05, 4.69) is 4.99 Å². The molecule has 0 spiro atoms. The lowest BCUT2D eigenvalue weighted by Gasteiger charge is -2.16. The van der Waals surface area contributed by atoms with Crippen LogP contribution in [0.15, 0.2) is 35.3 Å². The van der Waals surface area contributed by atoms with Crippen molar-refractivity contribution in [2.45, 2.75) is 34.2 Å². The smallest absolute Gasteiger partial charge is 0.338 e. The van der Waals surface area contributed by atoms with Crippen LogP contribution in [-0.4, -0.2) is 56.6 Å². The summed E-state index contributed by atoms with van der Waals surface area (Å²) < 4.78 is 30.3. The molecule has 1 aromatic heterocycles. The van der Waals surface area contributed by atoms with Gasteiger partial charge in [-0.2, -0.15) is 4.99 Å². The molecule has 194 valence electrons. The minimum absolute atomic E-state index is 0.291. The number of hydrogen-bond acceptors (Lipinski definition) is 8. The predicted molar refractivity (Wildman–Crippen MR) is 137 cm³/mol. The Balaban J connectivity index is 2.12. The number of ether oxygens (including phenoxy) is 5. The van der Waals surface area contributed by atoms with Gasteiger partial charge in [-0.3, -0.25) is 4.79 Å². The summed E-state index contributed by atoms with van der Waals surface area (Å²) in [5.74, 6) is 0.453. The molecule has 0 atom stereocenters. The standard InChI is InChI=1S/C26H32N2O7S/c1-6-32-20-14-18(15-21(33-7-2)23(20)34-8-3)24(29)27-26-28(12-13-31-5)19-11-10-17(16-22(19)36-26)25(30)35-9-4/h10-11,14-16H,6-9,12-13H2,1-5H3. The van der Waals surface area contributed by atoms with Gasteiger partial charge in [0.15, 0.2) is 16.3 Å². The van der Waals surface area contributed by atoms with Crippen LogP contribution in [0.4, 0.5) is 0 Å². The van der Waals surface area contributed by atoms with E-state index in [-0.39, 0.29) is 0 Å². The topological polar surface area (TPSA) is 97.6 Å². The van der Waals surface area contributed by atoms with Gasteiger partial charge in [0.25, 0.3) is 5.91 Å². The Morgan fingerprint density at radius 1 is 0.889 bits per heavy atom. The van der Waals surface area contributed by atoms with Crippen LogP contribution in [0.2, 0.25) is 0 Å². The lowest BCUT2D eigenvalue weighted by atomic mass is 10.1. The zero-order valence-electron chi connectivity index (χ0n) is 21.3. The van der Waals surface area contributed by atoms with Crippen molar-refractivity contribution >= 4 is 33.4 Å². The maximum absolute atomic E-state index is 13.3. The second kappa shape index (κ2) is 13.1. The van der Waals surface area contributed by atoms with Crippen molar-refractivity contribution in [1.82, 2.24) is 4.57 Å². The quantitative estimate of drug-likeness (QED) is 0.328. The first kappa shape index (κ1) is 27.2. The fourth-order valence-corrected chi connectivity index (χ4v) is 4.66. The maximum Gasteiger partial charge on any atom is 0.338 e. The molecule has 0 N–H and O–H groups in total. The van der Waals surface area contributed by atoms with Crippen LogP contribution in [0, 0.1) is 0 Å². The minimum atomic E-state index is -0.455. The third-order valence-corrected chi connectivity index (χ3v) is 6.11. The molecule has 1 heterocycles. The molecule has 3 rings (SSSR count). The number of nitrogens with zero attached hydrogens (tertiary/aromatic N) is 2. The van der Waals surface area contributed by atoms with Crippen molar-refractivity contribution in [3.05, 3.63) is 46.3 Å². The maximum atomic E-state index is 13.3. The van der Waals surface area contributed by atoms with Gasteiger partial charge in [-0.15, -0.1) is 0 Å². The van der Waals surface area contributed by atoms with Gasteiger partial charge in [-0.1, -0.05) is 11.3 Å². The van der Waals surface area contributed by atoms with Crippen molar-refractivity contribution in [3.63, 3.8) is 0 Å². The molecule has 36 heavy (non-hydrogen) atoms. The lowest BCUT2D eigenvalue weighted by Crippen LogP contribution is -2.19. The van der Waals surface area contributed by atoms with E-state index in [4.69, 9.17) is 23.7 Å². The molecule has 0 saturated heterocycles. The summed E-state index contributed by atoms with van der Waals surface area (Å²) in [4.78, 5) is 30.4. The van der Waals surface area contributed by atoms with Crippen molar-refractivity contribution < 1.29 is 33.3 Å². The van der Waals surface area contributed by atoms with Crippen LogP contribution in [0.1, 0.15) is 48.4 Å². The number of fused-ring (bicyclic) bond motifs is 1. The minimum Gasteiger partial charge on any atom is -0.490 e. The van der Waals surface area contributed by atoms with Gasteiger partial charge in [0, 0.05) is 19.2 Å². The van der Waals surface area contributed by atoms with Crippen molar-refractivity contribution in [3.8, 4) is 17.2 Å².